The fourth-order valence-corrected chi connectivity index (χ4v) is 14.1. The number of cyclic esters (lactones) is 1. The summed E-state index contributed by atoms with van der Waals surface area (Å²) in [6.45, 7) is 12.4. The van der Waals surface area contributed by atoms with Gasteiger partial charge in [-0.2, -0.15) is 0 Å². The molecule has 0 unspecified atom stereocenters. The van der Waals surface area contributed by atoms with Crippen LogP contribution < -0.4 is 0 Å². The Morgan fingerprint density at radius 3 is 2.18 bits per heavy atom. The molecule has 4 N–H and O–H groups in total. The lowest BCUT2D eigenvalue weighted by molar-refractivity contribution is -0.329. The lowest BCUT2D eigenvalue weighted by Crippen LogP contribution is -2.67. The second-order valence-electron chi connectivity index (χ2n) is 21.6. The summed E-state index contributed by atoms with van der Waals surface area (Å²) >= 11 is 0. The van der Waals surface area contributed by atoms with Crippen LogP contribution in [-0.4, -0.2) is 143 Å². The van der Waals surface area contributed by atoms with E-state index in [0.29, 0.717) is 44.8 Å². The Bertz CT molecular complexity index is 1860. The lowest BCUT2D eigenvalue weighted by Gasteiger charge is -2.65. The third-order valence-corrected chi connectivity index (χ3v) is 17.7. The first-order chi connectivity index (χ1) is 31.5. The molecule has 9 rings (SSSR count). The minimum absolute atomic E-state index is 0.0434. The highest BCUT2D eigenvalue weighted by molar-refractivity contribution is 5.85. The molecule has 19 atom stereocenters. The Morgan fingerprint density at radius 2 is 1.50 bits per heavy atom. The molecule has 66 heavy (non-hydrogen) atoms. The SMILES string of the molecule is C[C@@H]1CN(CCC(=O)OCc2ccccc2)CC[C@H](O[C@H]2[C@@H](O)C[C@H](O[C@H]3[C@@H](O)C[C@H](O[C@H]4CC[C@@]5(C)[C@H](CC[C@@H]6[C@@H]5C[C@@H](O)[C@]5(C)[C@@H](C7=CC(=O)OC7)CC[C@]65O)C4)O[C@@H]3C)O[C@@H]2C)O1. The van der Waals surface area contributed by atoms with E-state index in [4.69, 9.17) is 37.9 Å². The zero-order chi connectivity index (χ0) is 46.5. The molecule has 0 radical (unpaired) electrons. The number of nitrogens with zero attached hydrogens (tertiary/aromatic N) is 1. The minimum Gasteiger partial charge on any atom is -0.461 e. The van der Waals surface area contributed by atoms with E-state index >= 15 is 0 Å². The zero-order valence-electron chi connectivity index (χ0n) is 39.5. The maximum atomic E-state index is 12.6. The Kier molecular flexibility index (Phi) is 14.5. The van der Waals surface area contributed by atoms with E-state index in [0.717, 1.165) is 49.7 Å². The smallest absolute Gasteiger partial charge is 0.331 e. The van der Waals surface area contributed by atoms with Crippen molar-refractivity contribution in [3.05, 3.63) is 47.5 Å². The number of benzene rings is 1. The standard InChI is InChI=1S/C51H75NO14/c1-29-26-52(19-15-42(56)59-27-32-9-7-6-8-10-32)20-16-44(61-29)65-47-30(2)63-46(25-40(47)54)66-48-31(3)62-45(24-39(48)53)64-35-13-17-49(4)34(22-35)11-12-37-38(49)23-41(55)50(5)36(14-18-51(37,50)58)33-21-43(57)60-28-33/h6-10,21,29-31,34-41,44-48,53-55,58H,11-20,22-28H2,1-5H3/t29-,30-,31-,34-,35+,36-,37-,38+,39+,40+,41-,44+,45+,46+,47-,48-,49+,50+,51+/m1/s1. The quantitative estimate of drug-likeness (QED) is 0.163. The van der Waals surface area contributed by atoms with Gasteiger partial charge < -0.3 is 58.3 Å². The third kappa shape index (κ3) is 9.54. The van der Waals surface area contributed by atoms with E-state index in [9.17, 15) is 30.0 Å². The largest absolute Gasteiger partial charge is 0.461 e. The van der Waals surface area contributed by atoms with Crippen LogP contribution in [0.2, 0.25) is 0 Å². The average Bonchev–Trinajstić information content (AvgIpc) is 3.77. The summed E-state index contributed by atoms with van der Waals surface area (Å²) in [5.74, 6) is -0.0407. The summed E-state index contributed by atoms with van der Waals surface area (Å²) in [6, 6.07) is 9.62. The van der Waals surface area contributed by atoms with E-state index in [1.165, 1.54) is 0 Å². The van der Waals surface area contributed by atoms with Gasteiger partial charge in [0.05, 0.1) is 54.7 Å². The summed E-state index contributed by atoms with van der Waals surface area (Å²) in [6.07, 6.45) is 2.29. The first kappa shape index (κ1) is 48.5. The van der Waals surface area contributed by atoms with Crippen LogP contribution in [0.25, 0.3) is 0 Å². The van der Waals surface area contributed by atoms with Crippen LogP contribution in [0.3, 0.4) is 0 Å². The van der Waals surface area contributed by atoms with E-state index in [-0.39, 0.29) is 79.8 Å². The molecule has 4 heterocycles. The first-order valence-electron chi connectivity index (χ1n) is 25.0. The van der Waals surface area contributed by atoms with Gasteiger partial charge in [0.2, 0.25) is 0 Å². The van der Waals surface area contributed by atoms with Gasteiger partial charge in [-0.3, -0.25) is 9.69 Å². The lowest BCUT2D eigenvalue weighted by atomic mass is 9.42. The number of carbonyl (C=O) groups excluding carboxylic acids is 2. The molecular formula is C51H75NO14. The maximum absolute atomic E-state index is 12.6. The van der Waals surface area contributed by atoms with Crippen LogP contribution in [0.1, 0.15) is 117 Å². The Morgan fingerprint density at radius 1 is 0.803 bits per heavy atom. The second-order valence-corrected chi connectivity index (χ2v) is 21.6. The molecule has 0 amide bonds. The van der Waals surface area contributed by atoms with Crippen LogP contribution in [0, 0.1) is 34.5 Å². The molecule has 8 aliphatic rings. The van der Waals surface area contributed by atoms with Crippen LogP contribution in [0.15, 0.2) is 42.0 Å². The number of hydrogen-bond donors (Lipinski definition) is 4. The predicted molar refractivity (Wildman–Crippen MR) is 238 cm³/mol. The minimum atomic E-state index is -1.01. The molecule has 4 aliphatic heterocycles. The van der Waals surface area contributed by atoms with E-state index in [1.807, 2.05) is 58.0 Å². The second kappa shape index (κ2) is 19.7. The molecule has 0 bridgehead atoms. The molecule has 1 aromatic rings. The zero-order valence-corrected chi connectivity index (χ0v) is 39.5. The summed E-state index contributed by atoms with van der Waals surface area (Å²) in [5, 5.41) is 47.3. The van der Waals surface area contributed by atoms with E-state index in [2.05, 4.69) is 11.8 Å². The molecule has 1 aromatic carbocycles. The fraction of sp³-hybridized carbons (Fsp3) is 0.804. The van der Waals surface area contributed by atoms with Gasteiger partial charge in [0, 0.05) is 50.4 Å². The highest BCUT2D eigenvalue weighted by atomic mass is 16.7. The van der Waals surface area contributed by atoms with Crippen molar-refractivity contribution in [1.29, 1.82) is 0 Å². The van der Waals surface area contributed by atoms with Gasteiger partial charge in [-0.25, -0.2) is 4.79 Å². The molecule has 15 nitrogen and oxygen atoms in total. The number of hydrogen-bond acceptors (Lipinski definition) is 15. The van der Waals surface area contributed by atoms with Crippen molar-refractivity contribution in [2.45, 2.75) is 198 Å². The van der Waals surface area contributed by atoms with Gasteiger partial charge in [0.25, 0.3) is 0 Å². The molecule has 15 heteroatoms. The summed E-state index contributed by atoms with van der Waals surface area (Å²) < 4.78 is 48.9. The van der Waals surface area contributed by atoms with Crippen LogP contribution >= 0.6 is 0 Å². The monoisotopic (exact) mass is 926 g/mol. The molecule has 4 saturated carbocycles. The van der Waals surface area contributed by atoms with Crippen molar-refractivity contribution in [3.8, 4) is 0 Å². The van der Waals surface area contributed by atoms with Gasteiger partial charge in [0.1, 0.15) is 25.4 Å². The van der Waals surface area contributed by atoms with Crippen molar-refractivity contribution in [2.24, 2.45) is 34.5 Å². The molecule has 3 saturated heterocycles. The first-order valence-corrected chi connectivity index (χ1v) is 25.0. The van der Waals surface area contributed by atoms with Gasteiger partial charge in [-0.15, -0.1) is 0 Å². The number of carbonyl (C=O) groups is 2. The van der Waals surface area contributed by atoms with Crippen molar-refractivity contribution < 1.29 is 67.9 Å². The van der Waals surface area contributed by atoms with E-state index < -0.39 is 72.6 Å². The third-order valence-electron chi connectivity index (χ3n) is 17.7. The van der Waals surface area contributed by atoms with Crippen molar-refractivity contribution >= 4 is 11.9 Å². The Balaban J connectivity index is 0.719. The molecule has 4 aliphatic carbocycles. The summed E-state index contributed by atoms with van der Waals surface area (Å²) in [5.41, 5.74) is 0.0574. The van der Waals surface area contributed by atoms with Gasteiger partial charge in [0.15, 0.2) is 18.9 Å². The topological polar surface area (TPSA) is 192 Å². The number of aliphatic hydroxyl groups excluding tert-OH is 3. The van der Waals surface area contributed by atoms with Gasteiger partial charge in [-0.1, -0.05) is 44.2 Å². The number of fused-ring (bicyclic) bond motifs is 5. The van der Waals surface area contributed by atoms with Crippen LogP contribution in [0.4, 0.5) is 0 Å². The predicted octanol–water partition coefficient (Wildman–Crippen LogP) is 4.93. The van der Waals surface area contributed by atoms with Gasteiger partial charge >= 0.3 is 11.9 Å². The molecule has 368 valence electrons. The average molecular weight is 926 g/mol. The normalized spacial score (nSPS) is 46.3. The van der Waals surface area contributed by atoms with Crippen LogP contribution in [0.5, 0.6) is 0 Å². The van der Waals surface area contributed by atoms with E-state index in [1.54, 1.807) is 6.08 Å². The molecule has 7 fully saturated rings. The molecule has 0 aromatic heterocycles. The number of ether oxygens (including phenoxy) is 8. The van der Waals surface area contributed by atoms with Gasteiger partial charge in [-0.05, 0) is 112 Å². The number of esters is 2. The van der Waals surface area contributed by atoms with Crippen molar-refractivity contribution in [2.75, 3.05) is 26.2 Å². The summed E-state index contributed by atoms with van der Waals surface area (Å²) in [7, 11) is 0. The Hall–Kier alpha value is -2.54. The number of rotatable bonds is 12. The maximum Gasteiger partial charge on any atom is 0.331 e. The Labute approximate surface area is 389 Å². The highest BCUT2D eigenvalue weighted by Crippen LogP contribution is 2.70. The highest BCUT2D eigenvalue weighted by Gasteiger charge is 2.71. The molecular weight excluding hydrogens is 851 g/mol. The van der Waals surface area contributed by atoms with Crippen LogP contribution in [-0.2, 0) is 54.1 Å². The fourth-order valence-electron chi connectivity index (χ4n) is 14.1. The van der Waals surface area contributed by atoms with Crippen molar-refractivity contribution in [3.63, 3.8) is 0 Å². The van der Waals surface area contributed by atoms with Crippen molar-refractivity contribution in [1.82, 2.24) is 4.90 Å². The molecule has 0 spiro atoms. The summed E-state index contributed by atoms with van der Waals surface area (Å²) in [4.78, 5) is 26.6. The number of aliphatic hydroxyl groups is 4.